The lowest BCUT2D eigenvalue weighted by atomic mass is 10.1. The van der Waals surface area contributed by atoms with Crippen molar-refractivity contribution in [3.05, 3.63) is 87.1 Å². The van der Waals surface area contributed by atoms with Crippen LogP contribution in [0.2, 0.25) is 0 Å². The minimum atomic E-state index is 0.0141. The van der Waals surface area contributed by atoms with Gasteiger partial charge in [0.05, 0.1) is 7.11 Å². The van der Waals surface area contributed by atoms with Crippen LogP contribution in [0.5, 0.6) is 11.5 Å². The van der Waals surface area contributed by atoms with Gasteiger partial charge in [0.2, 0.25) is 0 Å². The highest BCUT2D eigenvalue weighted by atomic mass is 32.1. The molecule has 2 aromatic carbocycles. The second-order valence-electron chi connectivity index (χ2n) is 6.21. The van der Waals surface area contributed by atoms with E-state index in [4.69, 9.17) is 9.47 Å². The Kier molecular flexibility index (Phi) is 6.09. The molecule has 0 bridgehead atoms. The third-order valence-electron chi connectivity index (χ3n) is 4.16. The minimum Gasteiger partial charge on any atom is -0.493 e. The van der Waals surface area contributed by atoms with E-state index in [0.717, 1.165) is 26.4 Å². The largest absolute Gasteiger partial charge is 0.493 e. The van der Waals surface area contributed by atoms with Gasteiger partial charge >= 0.3 is 0 Å². The molecule has 27 heavy (non-hydrogen) atoms. The number of ketones is 1. The Balaban J connectivity index is 1.71. The monoisotopic (exact) mass is 378 g/mol. The zero-order valence-electron chi connectivity index (χ0n) is 15.7. The molecule has 0 fully saturated rings. The van der Waals surface area contributed by atoms with Gasteiger partial charge in [-0.2, -0.15) is 0 Å². The van der Waals surface area contributed by atoms with E-state index in [2.05, 4.69) is 0 Å². The fourth-order valence-corrected chi connectivity index (χ4v) is 3.71. The molecule has 0 spiro atoms. The van der Waals surface area contributed by atoms with Gasteiger partial charge in [0, 0.05) is 15.3 Å². The summed E-state index contributed by atoms with van der Waals surface area (Å²) in [5.41, 5.74) is 2.75. The number of thiophene rings is 1. The van der Waals surface area contributed by atoms with E-state index in [1.807, 2.05) is 68.4 Å². The molecule has 3 nitrogen and oxygen atoms in total. The van der Waals surface area contributed by atoms with Crippen molar-refractivity contribution >= 4 is 23.2 Å². The molecule has 0 aliphatic carbocycles. The Hall–Kier alpha value is -2.85. The summed E-state index contributed by atoms with van der Waals surface area (Å²) in [5.74, 6) is 1.33. The highest BCUT2D eigenvalue weighted by Crippen LogP contribution is 2.29. The molecular formula is C23H22O3S. The van der Waals surface area contributed by atoms with Crippen LogP contribution in [0.1, 0.15) is 31.2 Å². The molecule has 1 heterocycles. The van der Waals surface area contributed by atoms with Crippen molar-refractivity contribution in [3.8, 4) is 11.5 Å². The first-order chi connectivity index (χ1) is 13.1. The molecule has 0 amide bonds. The standard InChI is InChI=1S/C23H22O3S/c1-16-13-20(17(2)27-16)21(24)11-9-18-10-12-22(23(14-18)25-3)26-15-19-7-5-4-6-8-19/h4-14H,15H2,1-3H3/b11-9+. The number of carbonyl (C=O) groups is 1. The van der Waals surface area contributed by atoms with E-state index in [9.17, 15) is 4.79 Å². The van der Waals surface area contributed by atoms with Gasteiger partial charge in [-0.05, 0) is 49.2 Å². The van der Waals surface area contributed by atoms with Crippen molar-refractivity contribution < 1.29 is 14.3 Å². The fraction of sp³-hybridized carbons (Fsp3) is 0.174. The van der Waals surface area contributed by atoms with Crippen molar-refractivity contribution in [1.82, 2.24) is 0 Å². The summed E-state index contributed by atoms with van der Waals surface area (Å²) in [7, 11) is 1.61. The molecule has 0 saturated carbocycles. The Morgan fingerprint density at radius 1 is 1.04 bits per heavy atom. The van der Waals surface area contributed by atoms with E-state index in [-0.39, 0.29) is 5.78 Å². The molecule has 0 aliphatic heterocycles. The lowest BCUT2D eigenvalue weighted by molar-refractivity contribution is 0.104. The van der Waals surface area contributed by atoms with Crippen molar-refractivity contribution in [2.24, 2.45) is 0 Å². The fourth-order valence-electron chi connectivity index (χ4n) is 2.78. The van der Waals surface area contributed by atoms with Gasteiger partial charge in [-0.25, -0.2) is 0 Å². The molecule has 0 atom stereocenters. The van der Waals surface area contributed by atoms with Crippen LogP contribution in [0.4, 0.5) is 0 Å². The summed E-state index contributed by atoms with van der Waals surface area (Å²) in [4.78, 5) is 14.6. The number of hydrogen-bond acceptors (Lipinski definition) is 4. The summed E-state index contributed by atoms with van der Waals surface area (Å²) < 4.78 is 11.3. The SMILES string of the molecule is COc1cc(/C=C/C(=O)c2cc(C)sc2C)ccc1OCc1ccccc1. The predicted octanol–water partition coefficient (Wildman–Crippen LogP) is 5.85. The maximum Gasteiger partial charge on any atom is 0.186 e. The number of benzene rings is 2. The zero-order valence-corrected chi connectivity index (χ0v) is 16.5. The summed E-state index contributed by atoms with van der Waals surface area (Å²) >= 11 is 1.64. The van der Waals surface area contributed by atoms with Gasteiger partial charge in [-0.1, -0.05) is 42.5 Å². The summed E-state index contributed by atoms with van der Waals surface area (Å²) in [6.45, 7) is 4.46. The first kappa shape index (κ1) is 18.9. The molecule has 138 valence electrons. The third-order valence-corrected chi connectivity index (χ3v) is 5.12. The molecule has 0 N–H and O–H groups in total. The van der Waals surface area contributed by atoms with Gasteiger partial charge in [-0.3, -0.25) is 4.79 Å². The summed E-state index contributed by atoms with van der Waals surface area (Å²) in [6, 6.07) is 17.6. The number of carbonyl (C=O) groups excluding carboxylic acids is 1. The van der Waals surface area contributed by atoms with Gasteiger partial charge < -0.3 is 9.47 Å². The molecule has 4 heteroatoms. The summed E-state index contributed by atoms with van der Waals surface area (Å²) in [5, 5.41) is 0. The second-order valence-corrected chi connectivity index (χ2v) is 7.67. The molecule has 0 saturated heterocycles. The third kappa shape index (κ3) is 4.86. The Morgan fingerprint density at radius 3 is 2.48 bits per heavy atom. The second kappa shape index (κ2) is 8.69. The molecule has 0 radical (unpaired) electrons. The lowest BCUT2D eigenvalue weighted by Gasteiger charge is -2.11. The van der Waals surface area contributed by atoms with Gasteiger partial charge in [-0.15, -0.1) is 11.3 Å². The maximum atomic E-state index is 12.4. The van der Waals surface area contributed by atoms with Crippen LogP contribution < -0.4 is 9.47 Å². The average Bonchev–Trinajstić information content (AvgIpc) is 3.03. The molecule has 0 aliphatic rings. The molecular weight excluding hydrogens is 356 g/mol. The Morgan fingerprint density at radius 2 is 1.81 bits per heavy atom. The molecule has 3 rings (SSSR count). The van der Waals surface area contributed by atoms with Gasteiger partial charge in [0.15, 0.2) is 17.3 Å². The van der Waals surface area contributed by atoms with Crippen LogP contribution in [0.15, 0.2) is 60.7 Å². The van der Waals surface area contributed by atoms with Crippen LogP contribution in [0.25, 0.3) is 6.08 Å². The Labute approximate surface area is 163 Å². The van der Waals surface area contributed by atoms with Crippen molar-refractivity contribution in [3.63, 3.8) is 0 Å². The first-order valence-corrected chi connectivity index (χ1v) is 9.52. The topological polar surface area (TPSA) is 35.5 Å². The highest BCUT2D eigenvalue weighted by Gasteiger charge is 2.10. The van der Waals surface area contributed by atoms with E-state index in [1.54, 1.807) is 30.6 Å². The quantitative estimate of drug-likeness (QED) is 0.382. The number of aryl methyl sites for hydroxylation is 2. The van der Waals surface area contributed by atoms with Crippen molar-refractivity contribution in [1.29, 1.82) is 0 Å². The minimum absolute atomic E-state index is 0.0141. The molecule has 0 unspecified atom stereocenters. The van der Waals surface area contributed by atoms with E-state index < -0.39 is 0 Å². The number of hydrogen-bond donors (Lipinski definition) is 0. The Bertz CT molecular complexity index is 955. The van der Waals surface area contributed by atoms with Crippen LogP contribution in [-0.4, -0.2) is 12.9 Å². The van der Waals surface area contributed by atoms with Crippen LogP contribution in [-0.2, 0) is 6.61 Å². The predicted molar refractivity (Wildman–Crippen MR) is 111 cm³/mol. The van der Waals surface area contributed by atoms with Gasteiger partial charge in [0.1, 0.15) is 6.61 Å². The average molecular weight is 378 g/mol. The van der Waals surface area contributed by atoms with E-state index in [0.29, 0.717) is 18.1 Å². The number of rotatable bonds is 7. The molecule has 3 aromatic rings. The van der Waals surface area contributed by atoms with Crippen molar-refractivity contribution in [2.75, 3.05) is 7.11 Å². The van der Waals surface area contributed by atoms with E-state index in [1.165, 1.54) is 0 Å². The summed E-state index contributed by atoms with van der Waals surface area (Å²) in [6.07, 6.45) is 3.41. The number of allylic oxidation sites excluding steroid dienone is 1. The smallest absolute Gasteiger partial charge is 0.186 e. The zero-order chi connectivity index (χ0) is 19.2. The van der Waals surface area contributed by atoms with E-state index >= 15 is 0 Å². The van der Waals surface area contributed by atoms with Gasteiger partial charge in [0.25, 0.3) is 0 Å². The number of ether oxygens (including phenoxy) is 2. The van der Waals surface area contributed by atoms with Crippen LogP contribution >= 0.6 is 11.3 Å². The van der Waals surface area contributed by atoms with Crippen LogP contribution in [0.3, 0.4) is 0 Å². The highest BCUT2D eigenvalue weighted by molar-refractivity contribution is 7.12. The number of methoxy groups -OCH3 is 1. The normalized spacial score (nSPS) is 10.9. The lowest BCUT2D eigenvalue weighted by Crippen LogP contribution is -1.98. The maximum absolute atomic E-state index is 12.4. The molecule has 1 aromatic heterocycles. The van der Waals surface area contributed by atoms with Crippen LogP contribution in [0, 0.1) is 13.8 Å². The van der Waals surface area contributed by atoms with Crippen molar-refractivity contribution in [2.45, 2.75) is 20.5 Å². The first-order valence-electron chi connectivity index (χ1n) is 8.71.